The number of benzene rings is 1. The normalized spacial score (nSPS) is 13.5. The molecule has 0 saturated carbocycles. The van der Waals surface area contributed by atoms with Crippen LogP contribution in [0.5, 0.6) is 0 Å². The van der Waals surface area contributed by atoms with Crippen LogP contribution in [0.1, 0.15) is 49.2 Å². The summed E-state index contributed by atoms with van der Waals surface area (Å²) in [5.41, 5.74) is 4.32. The highest BCUT2D eigenvalue weighted by molar-refractivity contribution is 7.17. The number of carbonyl (C=O) groups is 2. The molecule has 2 aromatic rings. The fourth-order valence-electron chi connectivity index (χ4n) is 3.19. The molecule has 2 heterocycles. The molecule has 0 unspecified atom stereocenters. The van der Waals surface area contributed by atoms with E-state index in [4.69, 9.17) is 4.74 Å². The Bertz CT molecular complexity index is 863. The minimum absolute atomic E-state index is 0. The molecule has 0 spiro atoms. The standard InChI is InChI=1S/C20H24N2O3S.ClH/c1-5-22-9-8-15-16(11-22)26-19(17(15)20(24)25-4)21-18(23)14-7-6-12(2)13(3)10-14;/h6-7,10H,5,8-9,11H2,1-4H3,(H,21,23);1H. The van der Waals surface area contributed by atoms with Crippen LogP contribution in [-0.4, -0.2) is 37.0 Å². The van der Waals surface area contributed by atoms with Gasteiger partial charge in [0.2, 0.25) is 0 Å². The summed E-state index contributed by atoms with van der Waals surface area (Å²) in [6, 6.07) is 5.61. The van der Waals surface area contributed by atoms with Gasteiger partial charge in [-0.15, -0.1) is 23.7 Å². The minimum Gasteiger partial charge on any atom is -0.465 e. The van der Waals surface area contributed by atoms with Gasteiger partial charge in [-0.2, -0.15) is 0 Å². The molecule has 1 aromatic heterocycles. The van der Waals surface area contributed by atoms with E-state index in [0.29, 0.717) is 16.1 Å². The first kappa shape index (κ1) is 21.4. The first-order chi connectivity index (χ1) is 12.4. The molecule has 146 valence electrons. The number of methoxy groups -OCH3 is 1. The van der Waals surface area contributed by atoms with E-state index in [1.165, 1.54) is 18.4 Å². The summed E-state index contributed by atoms with van der Waals surface area (Å²) in [5, 5.41) is 3.53. The van der Waals surface area contributed by atoms with Gasteiger partial charge in [0.1, 0.15) is 5.00 Å². The zero-order valence-corrected chi connectivity index (χ0v) is 17.7. The quantitative estimate of drug-likeness (QED) is 0.770. The summed E-state index contributed by atoms with van der Waals surface area (Å²) in [6.45, 7) is 8.81. The van der Waals surface area contributed by atoms with Crippen molar-refractivity contribution in [1.29, 1.82) is 0 Å². The predicted octanol–water partition coefficient (Wildman–Crippen LogP) is 4.20. The Kier molecular flexibility index (Phi) is 7.03. The van der Waals surface area contributed by atoms with Gasteiger partial charge in [-0.25, -0.2) is 4.79 Å². The number of esters is 1. The minimum atomic E-state index is -0.386. The van der Waals surface area contributed by atoms with Crippen molar-refractivity contribution in [3.63, 3.8) is 0 Å². The maximum Gasteiger partial charge on any atom is 0.341 e. The molecule has 7 heteroatoms. The largest absolute Gasteiger partial charge is 0.465 e. The van der Waals surface area contributed by atoms with Crippen molar-refractivity contribution in [3.8, 4) is 0 Å². The second-order valence-corrected chi connectivity index (χ2v) is 7.68. The zero-order chi connectivity index (χ0) is 18.8. The molecule has 0 radical (unpaired) electrons. The van der Waals surface area contributed by atoms with E-state index >= 15 is 0 Å². The van der Waals surface area contributed by atoms with Crippen LogP contribution in [0.15, 0.2) is 18.2 Å². The van der Waals surface area contributed by atoms with E-state index in [0.717, 1.165) is 47.6 Å². The molecule has 0 saturated heterocycles. The number of hydrogen-bond acceptors (Lipinski definition) is 5. The molecule has 0 atom stereocenters. The van der Waals surface area contributed by atoms with Crippen LogP contribution in [0, 0.1) is 13.8 Å². The zero-order valence-electron chi connectivity index (χ0n) is 16.0. The van der Waals surface area contributed by atoms with Crippen LogP contribution in [0.4, 0.5) is 5.00 Å². The third-order valence-electron chi connectivity index (χ3n) is 4.97. The molecular formula is C20H25ClN2O3S. The number of amides is 1. The Morgan fingerprint density at radius 1 is 1.26 bits per heavy atom. The molecule has 0 aliphatic carbocycles. The lowest BCUT2D eigenvalue weighted by Gasteiger charge is -2.25. The van der Waals surface area contributed by atoms with Crippen LogP contribution < -0.4 is 5.32 Å². The van der Waals surface area contributed by atoms with Gasteiger partial charge in [-0.1, -0.05) is 13.0 Å². The molecule has 0 bridgehead atoms. The summed E-state index contributed by atoms with van der Waals surface area (Å²) in [5.74, 6) is -0.591. The lowest BCUT2D eigenvalue weighted by atomic mass is 10.0. The Morgan fingerprint density at radius 2 is 2.00 bits per heavy atom. The first-order valence-electron chi connectivity index (χ1n) is 8.78. The highest BCUT2D eigenvalue weighted by Crippen LogP contribution is 2.37. The number of fused-ring (bicyclic) bond motifs is 1. The van der Waals surface area contributed by atoms with E-state index in [9.17, 15) is 9.59 Å². The van der Waals surface area contributed by atoms with Crippen molar-refractivity contribution in [1.82, 2.24) is 4.90 Å². The van der Waals surface area contributed by atoms with E-state index in [-0.39, 0.29) is 24.3 Å². The monoisotopic (exact) mass is 408 g/mol. The maximum atomic E-state index is 12.7. The third kappa shape index (κ3) is 4.34. The van der Waals surface area contributed by atoms with Gasteiger partial charge >= 0.3 is 5.97 Å². The lowest BCUT2D eigenvalue weighted by Crippen LogP contribution is -2.29. The topological polar surface area (TPSA) is 58.6 Å². The summed E-state index contributed by atoms with van der Waals surface area (Å²) in [7, 11) is 1.38. The molecule has 1 aliphatic rings. The number of likely N-dealkylation sites (N-methyl/N-ethyl adjacent to an activating group) is 1. The summed E-state index contributed by atoms with van der Waals surface area (Å²) in [6.07, 6.45) is 0.795. The number of nitrogens with zero attached hydrogens (tertiary/aromatic N) is 1. The van der Waals surface area contributed by atoms with Crippen molar-refractivity contribution in [2.75, 3.05) is 25.5 Å². The Balaban J connectivity index is 0.00000261. The second kappa shape index (κ2) is 8.87. The van der Waals surface area contributed by atoms with Gasteiger partial charge < -0.3 is 10.1 Å². The number of thiophene rings is 1. The number of carbonyl (C=O) groups excluding carboxylic acids is 2. The van der Waals surface area contributed by atoms with Crippen LogP contribution in [0.2, 0.25) is 0 Å². The van der Waals surface area contributed by atoms with E-state index < -0.39 is 0 Å². The first-order valence-corrected chi connectivity index (χ1v) is 9.60. The number of rotatable bonds is 4. The van der Waals surface area contributed by atoms with Gasteiger partial charge in [0.25, 0.3) is 5.91 Å². The molecule has 1 aromatic carbocycles. The second-order valence-electron chi connectivity index (χ2n) is 6.57. The number of hydrogen-bond donors (Lipinski definition) is 1. The van der Waals surface area contributed by atoms with E-state index in [2.05, 4.69) is 17.1 Å². The van der Waals surface area contributed by atoms with Crippen LogP contribution in [0.25, 0.3) is 0 Å². The number of halogens is 1. The molecule has 5 nitrogen and oxygen atoms in total. The summed E-state index contributed by atoms with van der Waals surface area (Å²) in [4.78, 5) is 28.5. The predicted molar refractivity (Wildman–Crippen MR) is 111 cm³/mol. The van der Waals surface area contributed by atoms with Crippen molar-refractivity contribution in [2.45, 2.75) is 33.7 Å². The number of anilines is 1. The summed E-state index contributed by atoms with van der Waals surface area (Å²) < 4.78 is 4.98. The average molecular weight is 409 g/mol. The average Bonchev–Trinajstić information content (AvgIpc) is 2.99. The molecule has 27 heavy (non-hydrogen) atoms. The molecule has 0 fully saturated rings. The fourth-order valence-corrected chi connectivity index (χ4v) is 4.46. The Morgan fingerprint density at radius 3 is 2.63 bits per heavy atom. The van der Waals surface area contributed by atoms with Crippen molar-refractivity contribution in [2.24, 2.45) is 0 Å². The van der Waals surface area contributed by atoms with Gasteiger partial charge in [-0.3, -0.25) is 9.69 Å². The lowest BCUT2D eigenvalue weighted by molar-refractivity contribution is 0.0600. The molecule has 1 N–H and O–H groups in total. The molecule has 1 amide bonds. The van der Waals surface area contributed by atoms with Crippen LogP contribution in [-0.2, 0) is 17.7 Å². The van der Waals surface area contributed by atoms with Crippen LogP contribution in [0.3, 0.4) is 0 Å². The van der Waals surface area contributed by atoms with Gasteiger partial charge in [0.05, 0.1) is 12.7 Å². The van der Waals surface area contributed by atoms with Gasteiger partial charge in [0, 0.05) is 23.5 Å². The van der Waals surface area contributed by atoms with Gasteiger partial charge in [-0.05, 0) is 55.6 Å². The molecule has 3 rings (SSSR count). The van der Waals surface area contributed by atoms with E-state index in [1.54, 1.807) is 0 Å². The van der Waals surface area contributed by atoms with Gasteiger partial charge in [0.15, 0.2) is 0 Å². The van der Waals surface area contributed by atoms with E-state index in [1.807, 2.05) is 32.0 Å². The summed E-state index contributed by atoms with van der Waals surface area (Å²) >= 11 is 1.48. The number of ether oxygens (including phenoxy) is 1. The van der Waals surface area contributed by atoms with Crippen molar-refractivity contribution in [3.05, 3.63) is 50.9 Å². The SMILES string of the molecule is CCN1CCc2c(sc(NC(=O)c3ccc(C)c(C)c3)c2C(=O)OC)C1.Cl. The van der Waals surface area contributed by atoms with Crippen molar-refractivity contribution >= 4 is 40.6 Å². The molecule has 1 aliphatic heterocycles. The fraction of sp³-hybridized carbons (Fsp3) is 0.400. The highest BCUT2D eigenvalue weighted by atomic mass is 35.5. The Hall–Kier alpha value is -1.89. The third-order valence-corrected chi connectivity index (χ3v) is 6.10. The Labute approximate surface area is 170 Å². The number of nitrogens with one attached hydrogen (secondary N) is 1. The highest BCUT2D eigenvalue weighted by Gasteiger charge is 2.29. The smallest absolute Gasteiger partial charge is 0.341 e. The molecular weight excluding hydrogens is 384 g/mol. The van der Waals surface area contributed by atoms with Crippen LogP contribution >= 0.6 is 23.7 Å². The van der Waals surface area contributed by atoms with Crippen molar-refractivity contribution < 1.29 is 14.3 Å². The maximum absolute atomic E-state index is 12.7. The number of aryl methyl sites for hydroxylation is 2.